The summed E-state index contributed by atoms with van der Waals surface area (Å²) in [7, 11) is 1.81. The van der Waals surface area contributed by atoms with E-state index in [1.165, 1.54) is 119 Å². The quantitative estimate of drug-likeness (QED) is 0.0802. The average Bonchev–Trinajstić information content (AvgIpc) is 1.44. The first-order chi connectivity index (χ1) is 62.1. The number of hydrogen-bond donors (Lipinski definition) is 3. The summed E-state index contributed by atoms with van der Waals surface area (Å²) in [4.78, 5) is 4.17. The van der Waals surface area contributed by atoms with Crippen molar-refractivity contribution in [2.75, 3.05) is 7.11 Å². The van der Waals surface area contributed by atoms with E-state index in [-0.39, 0.29) is 62.8 Å². The van der Waals surface area contributed by atoms with E-state index < -0.39 is 18.3 Å². The number of benzene rings is 7. The van der Waals surface area contributed by atoms with Gasteiger partial charge in [-0.15, -0.1) is 22.7 Å². The second-order valence-electron chi connectivity index (χ2n) is 37.5. The fraction of sp³-hybridized carbons (Fsp3) is 0.343. The van der Waals surface area contributed by atoms with Crippen LogP contribution in [0.3, 0.4) is 0 Å². The van der Waals surface area contributed by atoms with Crippen LogP contribution in [0.2, 0.25) is 0 Å². The minimum atomic E-state index is -0.650. The lowest BCUT2D eigenvalue weighted by atomic mass is 9.57. The van der Waals surface area contributed by atoms with E-state index >= 15 is 0 Å². The number of aryl methyl sites for hydroxylation is 1. The molecule has 13 nitrogen and oxygen atoms in total. The van der Waals surface area contributed by atoms with E-state index in [0.29, 0.717) is 29.7 Å². The highest BCUT2D eigenvalue weighted by molar-refractivity contribution is 7.17. The number of pyridine rings is 1. The number of aromatic nitrogens is 9. The lowest BCUT2D eigenvalue weighted by Crippen LogP contribution is -2.40. The third-order valence-electron chi connectivity index (χ3n) is 30.2. The maximum Gasteiger partial charge on any atom is 0.126 e. The Morgan fingerprint density at radius 3 is 1.16 bits per heavy atom. The molecule has 8 aliphatic carbocycles. The minimum Gasteiger partial charge on any atom is -0.388 e. The van der Waals surface area contributed by atoms with Crippen molar-refractivity contribution >= 4 is 67.1 Å². The van der Waals surface area contributed by atoms with Crippen molar-refractivity contribution in [1.82, 2.24) is 44.1 Å². The Kier molecular flexibility index (Phi) is 24.1. The Morgan fingerprint density at radius 2 is 0.773 bits per heavy atom. The highest BCUT2D eigenvalue weighted by Crippen LogP contribution is 2.60. The molecule has 3 N–H and O–H groups in total. The van der Waals surface area contributed by atoms with Crippen LogP contribution in [0, 0.1) is 74.4 Å². The van der Waals surface area contributed by atoms with Crippen LogP contribution in [0.4, 0.5) is 22.0 Å². The second-order valence-corrected chi connectivity index (χ2v) is 39.3. The molecule has 0 spiro atoms. The van der Waals surface area contributed by atoms with Gasteiger partial charge in [0, 0.05) is 28.9 Å². The fourth-order valence-corrected chi connectivity index (χ4v) is 25.0. The third kappa shape index (κ3) is 16.4. The first-order valence-corrected chi connectivity index (χ1v) is 47.1. The zero-order valence-electron chi connectivity index (χ0n) is 73.2. The van der Waals surface area contributed by atoms with Crippen LogP contribution in [0.25, 0.3) is 67.2 Å². The highest BCUT2D eigenvalue weighted by atomic mass is 32.1. The van der Waals surface area contributed by atoms with Crippen LogP contribution < -0.4 is 0 Å². The van der Waals surface area contributed by atoms with Gasteiger partial charge in [0.2, 0.25) is 0 Å². The van der Waals surface area contributed by atoms with Gasteiger partial charge in [-0.25, -0.2) is 40.7 Å². The molecule has 0 aliphatic heterocycles. The molecule has 0 saturated heterocycles. The van der Waals surface area contributed by atoms with E-state index in [2.05, 4.69) is 149 Å². The molecule has 7 heterocycles. The molecule has 7 aromatic heterocycles. The maximum absolute atomic E-state index is 14.0. The predicted octanol–water partition coefficient (Wildman–Crippen LogP) is 25.9. The number of nitrogens with zero attached hydrogens (tertiary/aromatic N) is 9. The van der Waals surface area contributed by atoms with Gasteiger partial charge in [0.05, 0.1) is 94.7 Å². The van der Waals surface area contributed by atoms with Crippen LogP contribution in [0.15, 0.2) is 246 Å². The number of aliphatic hydroxyl groups is 3. The molecule has 22 rings (SSSR count). The summed E-state index contributed by atoms with van der Waals surface area (Å²) in [6.07, 6.45) is 37.9. The fourth-order valence-electron chi connectivity index (χ4n) is 23.0. The number of rotatable bonds is 16. The molecule has 656 valence electrons. The number of hydrogen-bond acceptors (Lipinski definition) is 11. The predicted molar refractivity (Wildman–Crippen MR) is 500 cm³/mol. The molecule has 7 aromatic carbocycles. The Balaban J connectivity index is 0.000000111. The third-order valence-corrected chi connectivity index (χ3v) is 32.1. The summed E-state index contributed by atoms with van der Waals surface area (Å²) in [5.74, 6) is 0.0542. The molecule has 0 bridgehead atoms. The first-order valence-electron chi connectivity index (χ1n) is 45.4. The minimum absolute atomic E-state index is 0.0197. The monoisotopic (exact) mass is 1750 g/mol. The number of allylic oxidation sites excluding steroid dienone is 4. The Morgan fingerprint density at radius 1 is 0.422 bits per heavy atom. The topological polar surface area (TPSA) is 154 Å². The van der Waals surface area contributed by atoms with Crippen molar-refractivity contribution in [2.45, 2.75) is 181 Å². The number of halogens is 5. The van der Waals surface area contributed by atoms with Gasteiger partial charge in [-0.2, -0.15) is 20.4 Å². The van der Waals surface area contributed by atoms with Gasteiger partial charge in [0.15, 0.2) is 0 Å². The largest absolute Gasteiger partial charge is 0.388 e. The van der Waals surface area contributed by atoms with E-state index in [1.54, 1.807) is 77.3 Å². The molecule has 14 aromatic rings. The molecule has 20 heteroatoms. The number of thiophene rings is 2. The molecule has 8 aliphatic rings. The molecular formula is C108H108F5N9O4S2. The molecule has 4 saturated carbocycles. The molecule has 12 atom stereocenters. The standard InChI is InChI=1S/2C28H27FN2OS.C27H28F2N2O.C25H26FN3O/c2*1-28-15-18-16-30-31(22-11-9-21(29)10-12-22)25(18)13-19(28)5-4-6-20(28)14-26(32)24-17-33-27-8-3-2-7-23(24)27;1-3-17-13-18(7-12-24(17)29)26(32)23-6-4-5-20-14-25-19(15-27(20,23)2)16-30-31(25)22-10-8-21(28)9-11-22;1-25-15-18-16-28-29(21-8-6-20(26)7-9-21)23(18)14-19(25)4-3-5-22(25)24(30-2)17-10-12-27-13-11-17/h2*2-3,7-13,16-17,20,26,32H,4-6,14-15H2,1H3;7-14,16,23,26,32H,3-6,15H2,1-2H3;6-14,16,22,24H,3-5,15H2,1-2H3/t20-,26+,28+;20-,26-,28+;23-,26+,27+;22-,24+,25+/m1111/s1. The summed E-state index contributed by atoms with van der Waals surface area (Å²) >= 11 is 3.43. The zero-order valence-corrected chi connectivity index (χ0v) is 74.8. The van der Waals surface area contributed by atoms with Gasteiger partial charge in [-0.3, -0.25) is 4.98 Å². The van der Waals surface area contributed by atoms with Crippen LogP contribution in [0.1, 0.15) is 222 Å². The van der Waals surface area contributed by atoms with E-state index in [4.69, 9.17) is 4.74 Å². The number of fused-ring (bicyclic) bond motifs is 10. The Hall–Kier alpha value is -11.1. The van der Waals surface area contributed by atoms with Crippen LogP contribution in [-0.4, -0.2) is 66.5 Å². The summed E-state index contributed by atoms with van der Waals surface area (Å²) in [6.45, 7) is 11.3. The van der Waals surface area contributed by atoms with E-state index in [0.717, 1.165) is 183 Å². The van der Waals surface area contributed by atoms with Gasteiger partial charge < -0.3 is 20.1 Å². The molecule has 4 fully saturated rings. The normalized spacial score (nSPS) is 23.4. The molecule has 0 unspecified atom stereocenters. The van der Waals surface area contributed by atoms with Gasteiger partial charge in [-0.1, -0.05) is 105 Å². The zero-order chi connectivity index (χ0) is 88.3. The van der Waals surface area contributed by atoms with Gasteiger partial charge >= 0.3 is 0 Å². The van der Waals surface area contributed by atoms with Crippen molar-refractivity contribution in [3.63, 3.8) is 0 Å². The van der Waals surface area contributed by atoms with Gasteiger partial charge in [0.25, 0.3) is 0 Å². The van der Waals surface area contributed by atoms with E-state index in [9.17, 15) is 37.3 Å². The smallest absolute Gasteiger partial charge is 0.126 e. The first kappa shape index (κ1) is 86.3. The summed E-state index contributed by atoms with van der Waals surface area (Å²) in [5.41, 5.74) is 23.0. The second kappa shape index (κ2) is 35.7. The van der Waals surface area contributed by atoms with Crippen molar-refractivity contribution in [2.24, 2.45) is 45.3 Å². The highest BCUT2D eigenvalue weighted by Gasteiger charge is 2.51. The van der Waals surface area contributed by atoms with Crippen LogP contribution in [0.5, 0.6) is 0 Å². The number of aliphatic hydroxyl groups excluding tert-OH is 3. The van der Waals surface area contributed by atoms with Gasteiger partial charge in [0.1, 0.15) is 29.1 Å². The number of ether oxygens (including phenoxy) is 1. The van der Waals surface area contributed by atoms with E-state index in [1.807, 2.05) is 76.0 Å². The molecule has 0 amide bonds. The van der Waals surface area contributed by atoms with Crippen LogP contribution in [-0.2, 0) is 36.8 Å². The van der Waals surface area contributed by atoms with Crippen molar-refractivity contribution in [3.8, 4) is 22.7 Å². The Labute approximate surface area is 752 Å². The lowest BCUT2D eigenvalue weighted by Gasteiger charge is -2.48. The molecule has 0 radical (unpaired) electrons. The average molecular weight is 1760 g/mol. The molecule has 128 heavy (non-hydrogen) atoms. The van der Waals surface area contributed by atoms with Crippen molar-refractivity contribution in [3.05, 3.63) is 348 Å². The summed E-state index contributed by atoms with van der Waals surface area (Å²) < 4.78 is 83.8. The molecular weight excluding hydrogens is 1650 g/mol. The summed E-state index contributed by atoms with van der Waals surface area (Å²) in [6, 6.07) is 51.8. The van der Waals surface area contributed by atoms with Crippen molar-refractivity contribution < 1.29 is 42.0 Å². The lowest BCUT2D eigenvalue weighted by molar-refractivity contribution is -0.0115. The van der Waals surface area contributed by atoms with Crippen LogP contribution >= 0.6 is 22.7 Å². The maximum atomic E-state index is 14.0. The van der Waals surface area contributed by atoms with Crippen molar-refractivity contribution in [1.29, 1.82) is 0 Å². The Bertz CT molecular complexity index is 6310. The number of methoxy groups -OCH3 is 1. The van der Waals surface area contributed by atoms with Gasteiger partial charge in [-0.05, 0) is 391 Å². The SMILES string of the molecule is CCc1cc([C@H](O)[C@H]2CCCC3=Cc4c(cnn4-c4ccc(F)cc4)C[C@@]32C)ccc1F.CO[C@@H](c1ccncc1)[C@H]1CCCC2=Cc3c(cnn3-c3ccc(F)cc3)C[C@@]21C.C[C@]12Cc3cnn(-c4ccc(F)cc4)c3C=C1CCC[C@@H]2C[C@@H](O)c1csc2ccccc12.C[C@]12Cc3cnn(-c4ccc(F)cc4)c3C=C1CCC[C@@H]2C[C@H](O)c1csc2ccccc12. The summed E-state index contributed by atoms with van der Waals surface area (Å²) in [5, 5.41) is 59.1.